The normalized spacial score (nSPS) is 9.40. The van der Waals surface area contributed by atoms with Gasteiger partial charge in [0.05, 0.1) is 0 Å². The van der Waals surface area contributed by atoms with Crippen LogP contribution < -0.4 is 9.57 Å². The Bertz CT molecular complexity index is 335. The first kappa shape index (κ1) is 11.2. The highest BCUT2D eigenvalue weighted by molar-refractivity contribution is 5.86. The predicted octanol–water partition coefficient (Wildman–Crippen LogP) is 0.522. The number of carbonyl (C=O) groups is 1. The van der Waals surface area contributed by atoms with Gasteiger partial charge in [-0.05, 0) is 6.92 Å². The summed E-state index contributed by atoms with van der Waals surface area (Å²) < 4.78 is 6.40. The van der Waals surface area contributed by atoms with E-state index in [1.54, 1.807) is 24.0 Å². The van der Waals surface area contributed by atoms with Crippen LogP contribution in [0.2, 0.25) is 0 Å². The van der Waals surface area contributed by atoms with E-state index in [4.69, 9.17) is 9.57 Å². The first-order valence-corrected chi connectivity index (χ1v) is 4.62. The lowest BCUT2D eigenvalue weighted by Crippen LogP contribution is -2.43. The molecule has 15 heavy (non-hydrogen) atoms. The molecule has 0 saturated carbocycles. The first-order chi connectivity index (χ1) is 7.20. The number of pyridine rings is 1. The van der Waals surface area contributed by atoms with Gasteiger partial charge >= 0.3 is 5.97 Å². The average molecular weight is 208 g/mol. The van der Waals surface area contributed by atoms with Crippen LogP contribution in [0.25, 0.3) is 0 Å². The molecule has 0 unspecified atom stereocenters. The molecule has 0 aliphatic heterocycles. The third kappa shape index (κ3) is 4.26. The van der Waals surface area contributed by atoms with E-state index < -0.39 is 5.97 Å². The van der Waals surface area contributed by atoms with Crippen molar-refractivity contribution in [3.63, 3.8) is 0 Å². The van der Waals surface area contributed by atoms with Gasteiger partial charge in [0, 0.05) is 22.4 Å². The van der Waals surface area contributed by atoms with E-state index in [9.17, 15) is 4.79 Å². The van der Waals surface area contributed by atoms with E-state index in [2.05, 4.69) is 6.58 Å². The summed E-state index contributed by atoms with van der Waals surface area (Å²) in [7, 11) is 0. The largest absolute Gasteiger partial charge is 0.458 e. The summed E-state index contributed by atoms with van der Waals surface area (Å²) in [6.07, 6.45) is 3.53. The Morgan fingerprint density at radius 1 is 1.27 bits per heavy atom. The maximum Gasteiger partial charge on any atom is 0.333 e. The van der Waals surface area contributed by atoms with Crippen molar-refractivity contribution in [1.29, 1.82) is 0 Å². The highest BCUT2D eigenvalue weighted by atomic mass is 16.7. The Morgan fingerprint density at radius 3 is 2.53 bits per heavy atom. The Hall–Kier alpha value is -1.84. The summed E-state index contributed by atoms with van der Waals surface area (Å²) in [5.41, 5.74) is 0.391. The SMILES string of the molecule is C=C(C)C(=O)OCCO[n+]1ccccc1. The molecule has 0 atom stereocenters. The maximum absolute atomic E-state index is 11.0. The van der Waals surface area contributed by atoms with E-state index in [1.165, 1.54) is 0 Å². The molecule has 1 rings (SSSR count). The molecule has 80 valence electrons. The molecule has 0 fully saturated rings. The van der Waals surface area contributed by atoms with Crippen LogP contribution in [0.1, 0.15) is 6.92 Å². The fraction of sp³-hybridized carbons (Fsp3) is 0.273. The van der Waals surface area contributed by atoms with Crippen LogP contribution in [0.3, 0.4) is 0 Å². The fourth-order valence-corrected chi connectivity index (χ4v) is 0.869. The summed E-state index contributed by atoms with van der Waals surface area (Å²) in [5, 5.41) is 0. The molecule has 0 N–H and O–H groups in total. The zero-order chi connectivity index (χ0) is 11.1. The van der Waals surface area contributed by atoms with Gasteiger partial charge in [-0.3, -0.25) is 4.84 Å². The van der Waals surface area contributed by atoms with E-state index in [-0.39, 0.29) is 6.61 Å². The van der Waals surface area contributed by atoms with Gasteiger partial charge in [-0.15, -0.1) is 0 Å². The second-order valence-corrected chi connectivity index (χ2v) is 2.98. The van der Waals surface area contributed by atoms with E-state index >= 15 is 0 Å². The number of hydrogen-bond acceptors (Lipinski definition) is 3. The highest BCUT2D eigenvalue weighted by Crippen LogP contribution is 1.90. The van der Waals surface area contributed by atoms with Gasteiger partial charge in [0.15, 0.2) is 6.61 Å². The van der Waals surface area contributed by atoms with E-state index in [1.807, 2.05) is 18.2 Å². The smallest absolute Gasteiger partial charge is 0.333 e. The van der Waals surface area contributed by atoms with Crippen molar-refractivity contribution >= 4 is 5.97 Å². The molecule has 1 heterocycles. The molecule has 0 aliphatic carbocycles. The summed E-state index contributed by atoms with van der Waals surface area (Å²) in [6, 6.07) is 5.58. The van der Waals surface area contributed by atoms with Crippen molar-refractivity contribution in [3.8, 4) is 0 Å². The Kier molecular flexibility index (Phi) is 4.34. The van der Waals surface area contributed by atoms with Gasteiger partial charge in [0.1, 0.15) is 6.61 Å². The van der Waals surface area contributed by atoms with Crippen LogP contribution in [0.15, 0.2) is 42.7 Å². The molecule has 0 saturated heterocycles. The number of esters is 1. The number of nitrogens with zero attached hydrogens (tertiary/aromatic N) is 1. The highest BCUT2D eigenvalue weighted by Gasteiger charge is 2.04. The molecule has 4 nitrogen and oxygen atoms in total. The molecule has 0 aromatic carbocycles. The summed E-state index contributed by atoms with van der Waals surface area (Å²) in [5.74, 6) is -0.392. The van der Waals surface area contributed by atoms with Gasteiger partial charge in [-0.1, -0.05) is 12.6 Å². The van der Waals surface area contributed by atoms with Gasteiger partial charge in [0.2, 0.25) is 12.4 Å². The minimum absolute atomic E-state index is 0.216. The summed E-state index contributed by atoms with van der Waals surface area (Å²) in [4.78, 5) is 16.2. The lowest BCUT2D eigenvalue weighted by molar-refractivity contribution is -0.891. The summed E-state index contributed by atoms with van der Waals surface area (Å²) in [6.45, 7) is 5.61. The standard InChI is InChI=1S/C11H14NO3/c1-10(2)11(13)14-8-9-15-12-6-4-3-5-7-12/h3-7H,1,8-9H2,2H3/q+1. The quantitative estimate of drug-likeness (QED) is 0.306. The number of aromatic nitrogens is 1. The number of ether oxygens (including phenoxy) is 1. The summed E-state index contributed by atoms with van der Waals surface area (Å²) >= 11 is 0. The van der Waals surface area contributed by atoms with Crippen LogP contribution in [0, 0.1) is 0 Å². The molecular formula is C11H14NO3+. The molecule has 0 radical (unpaired) electrons. The van der Waals surface area contributed by atoms with Crippen molar-refractivity contribution in [2.24, 2.45) is 0 Å². The lowest BCUT2D eigenvalue weighted by atomic mass is 10.4. The Labute approximate surface area is 88.7 Å². The van der Waals surface area contributed by atoms with Crippen molar-refractivity contribution in [1.82, 2.24) is 0 Å². The molecule has 1 aromatic rings. The molecular weight excluding hydrogens is 194 g/mol. The molecule has 0 amide bonds. The van der Waals surface area contributed by atoms with Gasteiger partial charge < -0.3 is 4.74 Å². The van der Waals surface area contributed by atoms with Gasteiger partial charge in [-0.2, -0.15) is 0 Å². The fourth-order valence-electron chi connectivity index (χ4n) is 0.869. The van der Waals surface area contributed by atoms with E-state index in [0.717, 1.165) is 0 Å². The maximum atomic E-state index is 11.0. The van der Waals surface area contributed by atoms with Crippen molar-refractivity contribution < 1.29 is 19.1 Å². The molecule has 1 aromatic heterocycles. The second kappa shape index (κ2) is 5.80. The van der Waals surface area contributed by atoms with E-state index in [0.29, 0.717) is 12.2 Å². The van der Waals surface area contributed by atoms with Crippen LogP contribution in [0.4, 0.5) is 0 Å². The third-order valence-corrected chi connectivity index (χ3v) is 1.59. The first-order valence-electron chi connectivity index (χ1n) is 4.62. The third-order valence-electron chi connectivity index (χ3n) is 1.59. The topological polar surface area (TPSA) is 39.4 Å². The van der Waals surface area contributed by atoms with Crippen LogP contribution >= 0.6 is 0 Å². The molecule has 0 aliphatic rings. The van der Waals surface area contributed by atoms with Crippen LogP contribution in [-0.2, 0) is 9.53 Å². The van der Waals surface area contributed by atoms with Crippen molar-refractivity contribution in [2.45, 2.75) is 6.92 Å². The van der Waals surface area contributed by atoms with Gasteiger partial charge in [-0.25, -0.2) is 4.79 Å². The average Bonchev–Trinajstić information content (AvgIpc) is 2.25. The number of hydrogen-bond donors (Lipinski definition) is 0. The minimum atomic E-state index is -0.392. The second-order valence-electron chi connectivity index (χ2n) is 2.98. The lowest BCUT2D eigenvalue weighted by Gasteiger charge is -2.01. The van der Waals surface area contributed by atoms with Gasteiger partial charge in [0.25, 0.3) is 0 Å². The monoisotopic (exact) mass is 208 g/mol. The van der Waals surface area contributed by atoms with Crippen molar-refractivity contribution in [3.05, 3.63) is 42.7 Å². The molecule has 4 heteroatoms. The Morgan fingerprint density at radius 2 is 1.93 bits per heavy atom. The minimum Gasteiger partial charge on any atom is -0.458 e. The van der Waals surface area contributed by atoms with Crippen LogP contribution in [-0.4, -0.2) is 19.2 Å². The molecule has 0 bridgehead atoms. The predicted molar refractivity (Wildman–Crippen MR) is 53.9 cm³/mol. The number of carbonyl (C=O) groups excluding carboxylic acids is 1. The zero-order valence-corrected chi connectivity index (χ0v) is 8.68. The molecule has 0 spiro atoms. The van der Waals surface area contributed by atoms with Crippen molar-refractivity contribution in [2.75, 3.05) is 13.2 Å². The Balaban J connectivity index is 2.18. The zero-order valence-electron chi connectivity index (χ0n) is 8.68. The van der Waals surface area contributed by atoms with Crippen LogP contribution in [0.5, 0.6) is 0 Å². The number of rotatable bonds is 5.